The molecule has 128 valence electrons. The lowest BCUT2D eigenvalue weighted by Crippen LogP contribution is -2.40. The van der Waals surface area contributed by atoms with Crippen LogP contribution in [0.5, 0.6) is 5.75 Å². The fourth-order valence-electron chi connectivity index (χ4n) is 1.82. The lowest BCUT2D eigenvalue weighted by molar-refractivity contribution is 0.0922. The number of amides is 1. The molecule has 8 nitrogen and oxygen atoms in total. The highest BCUT2D eigenvalue weighted by Gasteiger charge is 2.17. The number of halogens is 2. The Bertz CT molecular complexity index is 880. The van der Waals surface area contributed by atoms with Gasteiger partial charge >= 0.3 is 5.69 Å². The molecule has 0 fully saturated rings. The first-order chi connectivity index (χ1) is 11.3. The number of carbonyl (C=O) groups excluding carboxylic acids is 1. The highest BCUT2D eigenvalue weighted by Crippen LogP contribution is 2.24. The predicted molar refractivity (Wildman–Crippen MR) is 85.9 cm³/mol. The SMILES string of the molecule is CC(COc1ccc(F)cc1Cl)NC(=O)c1[nH]c(=O)[nH]c(=O)c1N. The van der Waals surface area contributed by atoms with Gasteiger partial charge in [0.1, 0.15) is 29.6 Å². The van der Waals surface area contributed by atoms with Crippen molar-refractivity contribution < 1.29 is 13.9 Å². The van der Waals surface area contributed by atoms with E-state index in [0.29, 0.717) is 0 Å². The van der Waals surface area contributed by atoms with Crippen molar-refractivity contribution in [2.24, 2.45) is 0 Å². The third-order valence-corrected chi connectivity index (χ3v) is 3.26. The summed E-state index contributed by atoms with van der Waals surface area (Å²) in [5, 5.41) is 2.60. The number of anilines is 1. The maximum Gasteiger partial charge on any atom is 0.326 e. The molecule has 0 saturated heterocycles. The number of nitrogen functional groups attached to an aromatic ring is 1. The number of carbonyl (C=O) groups is 1. The predicted octanol–water partition coefficient (Wildman–Crippen LogP) is 0.635. The van der Waals surface area contributed by atoms with Crippen LogP contribution in [0.3, 0.4) is 0 Å². The average Bonchev–Trinajstić information content (AvgIpc) is 2.49. The van der Waals surface area contributed by atoms with Crippen molar-refractivity contribution in [1.29, 1.82) is 0 Å². The van der Waals surface area contributed by atoms with Crippen LogP contribution in [0.4, 0.5) is 10.1 Å². The van der Waals surface area contributed by atoms with Gasteiger partial charge in [0, 0.05) is 0 Å². The Morgan fingerprint density at radius 1 is 1.42 bits per heavy atom. The number of ether oxygens (including phenoxy) is 1. The quantitative estimate of drug-likeness (QED) is 0.624. The van der Waals surface area contributed by atoms with Crippen LogP contribution >= 0.6 is 11.6 Å². The molecule has 5 N–H and O–H groups in total. The van der Waals surface area contributed by atoms with E-state index in [1.165, 1.54) is 12.1 Å². The lowest BCUT2D eigenvalue weighted by atomic mass is 10.3. The molecule has 1 unspecified atom stereocenters. The Morgan fingerprint density at radius 3 is 2.79 bits per heavy atom. The molecule has 2 rings (SSSR count). The van der Waals surface area contributed by atoms with Crippen molar-refractivity contribution in [3.63, 3.8) is 0 Å². The number of hydrogen-bond donors (Lipinski definition) is 4. The maximum absolute atomic E-state index is 12.9. The summed E-state index contributed by atoms with van der Waals surface area (Å²) >= 11 is 5.82. The molecule has 1 aromatic carbocycles. The van der Waals surface area contributed by atoms with Crippen molar-refractivity contribution in [1.82, 2.24) is 15.3 Å². The number of aromatic amines is 2. The van der Waals surface area contributed by atoms with Crippen LogP contribution in [0.25, 0.3) is 0 Å². The molecule has 1 heterocycles. The van der Waals surface area contributed by atoms with Crippen LogP contribution < -0.4 is 27.0 Å². The second-order valence-corrected chi connectivity index (χ2v) is 5.36. The number of benzene rings is 1. The number of rotatable bonds is 5. The van der Waals surface area contributed by atoms with Crippen molar-refractivity contribution >= 4 is 23.2 Å². The van der Waals surface area contributed by atoms with E-state index in [1.807, 2.05) is 4.98 Å². The van der Waals surface area contributed by atoms with E-state index >= 15 is 0 Å². The van der Waals surface area contributed by atoms with Gasteiger partial charge in [-0.15, -0.1) is 0 Å². The summed E-state index contributed by atoms with van der Waals surface area (Å²) in [6, 6.07) is 3.13. The Balaban J connectivity index is 2.02. The first-order valence-corrected chi connectivity index (χ1v) is 7.16. The molecule has 24 heavy (non-hydrogen) atoms. The zero-order chi connectivity index (χ0) is 17.9. The fourth-order valence-corrected chi connectivity index (χ4v) is 2.04. The van der Waals surface area contributed by atoms with Gasteiger partial charge in [0.15, 0.2) is 0 Å². The third kappa shape index (κ3) is 4.13. The van der Waals surface area contributed by atoms with Gasteiger partial charge in [0.05, 0.1) is 11.1 Å². The van der Waals surface area contributed by atoms with E-state index in [-0.39, 0.29) is 23.1 Å². The van der Waals surface area contributed by atoms with E-state index < -0.39 is 34.7 Å². The molecule has 0 radical (unpaired) electrons. The molecule has 0 aliphatic rings. The zero-order valence-electron chi connectivity index (χ0n) is 12.5. The van der Waals surface area contributed by atoms with Gasteiger partial charge < -0.3 is 20.8 Å². The van der Waals surface area contributed by atoms with Crippen LogP contribution in [0.1, 0.15) is 17.4 Å². The summed E-state index contributed by atoms with van der Waals surface area (Å²) in [6.45, 7) is 1.64. The number of aromatic nitrogens is 2. The van der Waals surface area contributed by atoms with Gasteiger partial charge in [0.2, 0.25) is 0 Å². The van der Waals surface area contributed by atoms with Crippen LogP contribution in [-0.2, 0) is 0 Å². The van der Waals surface area contributed by atoms with Crippen LogP contribution in [0, 0.1) is 5.82 Å². The van der Waals surface area contributed by atoms with E-state index in [4.69, 9.17) is 22.1 Å². The summed E-state index contributed by atoms with van der Waals surface area (Å²) in [7, 11) is 0. The lowest BCUT2D eigenvalue weighted by Gasteiger charge is -2.16. The Morgan fingerprint density at radius 2 is 2.12 bits per heavy atom. The molecule has 0 saturated carbocycles. The summed E-state index contributed by atoms with van der Waals surface area (Å²) in [5.74, 6) is -0.984. The molecule has 0 bridgehead atoms. The topological polar surface area (TPSA) is 130 Å². The normalized spacial score (nSPS) is 11.8. The highest BCUT2D eigenvalue weighted by molar-refractivity contribution is 6.32. The minimum atomic E-state index is -0.856. The number of hydrogen-bond acceptors (Lipinski definition) is 5. The molecule has 0 spiro atoms. The molecule has 1 aromatic heterocycles. The smallest absolute Gasteiger partial charge is 0.326 e. The van der Waals surface area contributed by atoms with Gasteiger partial charge in [-0.3, -0.25) is 14.6 Å². The van der Waals surface area contributed by atoms with Crippen LogP contribution in [0.2, 0.25) is 5.02 Å². The molecule has 1 atom stereocenters. The van der Waals surface area contributed by atoms with Gasteiger partial charge in [-0.2, -0.15) is 0 Å². The van der Waals surface area contributed by atoms with E-state index in [2.05, 4.69) is 10.3 Å². The molecular formula is C14H14ClFN4O4. The molecular weight excluding hydrogens is 343 g/mol. The van der Waals surface area contributed by atoms with Crippen molar-refractivity contribution in [3.05, 3.63) is 55.6 Å². The summed E-state index contributed by atoms with van der Waals surface area (Å²) < 4.78 is 18.3. The molecule has 10 heteroatoms. The third-order valence-electron chi connectivity index (χ3n) is 2.97. The van der Waals surface area contributed by atoms with Crippen molar-refractivity contribution in [2.75, 3.05) is 12.3 Å². The second-order valence-electron chi connectivity index (χ2n) is 4.96. The van der Waals surface area contributed by atoms with Crippen LogP contribution in [0.15, 0.2) is 27.8 Å². The minimum Gasteiger partial charge on any atom is -0.490 e. The van der Waals surface area contributed by atoms with Crippen LogP contribution in [-0.4, -0.2) is 28.5 Å². The number of H-pyrrole nitrogens is 2. The van der Waals surface area contributed by atoms with Crippen molar-refractivity contribution in [3.8, 4) is 5.75 Å². The monoisotopic (exact) mass is 356 g/mol. The standard InChI is InChI=1S/C14H14ClFN4O4/c1-6(5-24-9-3-2-7(16)4-8(9)15)18-13(22)11-10(17)12(21)20-14(23)19-11/h2-4,6H,5,17H2,1H3,(H,18,22)(H2,19,20,21,23). The Hall–Kier alpha value is -2.81. The van der Waals surface area contributed by atoms with E-state index in [9.17, 15) is 18.8 Å². The van der Waals surface area contributed by atoms with E-state index in [0.717, 1.165) is 6.07 Å². The number of nitrogens with one attached hydrogen (secondary N) is 3. The minimum absolute atomic E-state index is 0.0183. The maximum atomic E-state index is 12.9. The summed E-state index contributed by atoms with van der Waals surface area (Å²) in [4.78, 5) is 38.7. The first kappa shape index (κ1) is 17.5. The second kappa shape index (κ2) is 7.18. The average molecular weight is 357 g/mol. The Labute approximate surface area is 139 Å². The molecule has 2 aromatic rings. The largest absolute Gasteiger partial charge is 0.490 e. The van der Waals surface area contributed by atoms with E-state index in [1.54, 1.807) is 6.92 Å². The first-order valence-electron chi connectivity index (χ1n) is 6.78. The van der Waals surface area contributed by atoms with Gasteiger partial charge in [0.25, 0.3) is 11.5 Å². The molecule has 0 aliphatic heterocycles. The van der Waals surface area contributed by atoms with Gasteiger partial charge in [-0.05, 0) is 25.1 Å². The highest BCUT2D eigenvalue weighted by atomic mass is 35.5. The molecule has 0 aliphatic carbocycles. The Kier molecular flexibility index (Phi) is 5.24. The zero-order valence-corrected chi connectivity index (χ0v) is 13.2. The summed E-state index contributed by atoms with van der Waals surface area (Å²) in [6.07, 6.45) is 0. The fraction of sp³-hybridized carbons (Fsp3) is 0.214. The molecule has 1 amide bonds. The van der Waals surface area contributed by atoms with Crippen molar-refractivity contribution in [2.45, 2.75) is 13.0 Å². The number of nitrogens with two attached hydrogens (primary N) is 1. The summed E-state index contributed by atoms with van der Waals surface area (Å²) in [5.41, 5.74) is 3.03. The van der Waals surface area contributed by atoms with Gasteiger partial charge in [-0.25, -0.2) is 9.18 Å². The van der Waals surface area contributed by atoms with Gasteiger partial charge in [-0.1, -0.05) is 11.6 Å².